The van der Waals surface area contributed by atoms with E-state index in [4.69, 9.17) is 0 Å². The molecule has 144 valence electrons. The number of rotatable bonds is 5. The zero-order valence-corrected chi connectivity index (χ0v) is 16.1. The molecule has 0 spiro atoms. The SMILES string of the molecule is Cn1c(-c2ccccc2)c(/C=C/C(=O)NCc2ccc(F)cc2)c2ccccc21. The molecule has 1 amide bonds. The van der Waals surface area contributed by atoms with Crippen molar-refractivity contribution in [1.29, 1.82) is 0 Å². The third-order valence-corrected chi connectivity index (χ3v) is 4.97. The molecular formula is C25H21FN2O. The van der Waals surface area contributed by atoms with Crippen LogP contribution in [0.5, 0.6) is 0 Å². The molecule has 1 heterocycles. The van der Waals surface area contributed by atoms with E-state index in [1.54, 1.807) is 18.2 Å². The van der Waals surface area contributed by atoms with Gasteiger partial charge in [0, 0.05) is 36.1 Å². The Hall–Kier alpha value is -3.66. The second kappa shape index (κ2) is 8.15. The lowest BCUT2D eigenvalue weighted by Gasteiger charge is -2.06. The van der Waals surface area contributed by atoms with Gasteiger partial charge in [0.2, 0.25) is 5.91 Å². The van der Waals surface area contributed by atoms with Crippen molar-refractivity contribution in [3.63, 3.8) is 0 Å². The van der Waals surface area contributed by atoms with Crippen molar-refractivity contribution in [2.24, 2.45) is 7.05 Å². The van der Waals surface area contributed by atoms with Crippen LogP contribution in [0.15, 0.2) is 84.9 Å². The molecule has 0 saturated heterocycles. The summed E-state index contributed by atoms with van der Waals surface area (Å²) in [7, 11) is 2.04. The summed E-state index contributed by atoms with van der Waals surface area (Å²) < 4.78 is 15.2. The van der Waals surface area contributed by atoms with Crippen LogP contribution < -0.4 is 5.32 Å². The highest BCUT2D eigenvalue weighted by Gasteiger charge is 2.14. The fourth-order valence-electron chi connectivity index (χ4n) is 3.55. The summed E-state index contributed by atoms with van der Waals surface area (Å²) in [6.45, 7) is 0.352. The van der Waals surface area contributed by atoms with Crippen molar-refractivity contribution >= 4 is 22.9 Å². The zero-order valence-electron chi connectivity index (χ0n) is 16.1. The van der Waals surface area contributed by atoms with Gasteiger partial charge in [0.15, 0.2) is 0 Å². The molecule has 0 aliphatic rings. The highest BCUT2D eigenvalue weighted by Crippen LogP contribution is 2.33. The van der Waals surface area contributed by atoms with Crippen LogP contribution in [-0.2, 0) is 18.4 Å². The average Bonchev–Trinajstić information content (AvgIpc) is 3.04. The summed E-state index contributed by atoms with van der Waals surface area (Å²) in [6.07, 6.45) is 3.42. The molecule has 0 aliphatic carbocycles. The Morgan fingerprint density at radius 3 is 2.41 bits per heavy atom. The van der Waals surface area contributed by atoms with Crippen molar-refractivity contribution in [2.75, 3.05) is 0 Å². The van der Waals surface area contributed by atoms with E-state index in [-0.39, 0.29) is 11.7 Å². The molecule has 1 N–H and O–H groups in total. The number of aryl methyl sites for hydroxylation is 1. The number of para-hydroxylation sites is 1. The number of nitrogens with zero attached hydrogens (tertiary/aromatic N) is 1. The molecule has 0 bridgehead atoms. The Morgan fingerprint density at radius 2 is 1.66 bits per heavy atom. The molecule has 0 fully saturated rings. The first-order chi connectivity index (χ1) is 14.1. The Balaban J connectivity index is 1.63. The van der Waals surface area contributed by atoms with Crippen LogP contribution in [0, 0.1) is 5.82 Å². The monoisotopic (exact) mass is 384 g/mol. The number of halogens is 1. The molecule has 3 nitrogen and oxygen atoms in total. The molecule has 29 heavy (non-hydrogen) atoms. The maximum atomic E-state index is 13.0. The van der Waals surface area contributed by atoms with Crippen LogP contribution in [0.1, 0.15) is 11.1 Å². The van der Waals surface area contributed by atoms with Gasteiger partial charge in [0.1, 0.15) is 5.82 Å². The molecule has 4 heteroatoms. The van der Waals surface area contributed by atoms with Crippen molar-refractivity contribution in [3.8, 4) is 11.3 Å². The van der Waals surface area contributed by atoms with Crippen LogP contribution in [0.4, 0.5) is 4.39 Å². The second-order valence-electron chi connectivity index (χ2n) is 6.88. The van der Waals surface area contributed by atoms with Gasteiger partial charge < -0.3 is 9.88 Å². The molecule has 0 atom stereocenters. The van der Waals surface area contributed by atoms with Gasteiger partial charge in [-0.3, -0.25) is 4.79 Å². The highest BCUT2D eigenvalue weighted by atomic mass is 19.1. The van der Waals surface area contributed by atoms with Crippen molar-refractivity contribution in [3.05, 3.63) is 102 Å². The number of carbonyl (C=O) groups excluding carboxylic acids is 1. The first-order valence-corrected chi connectivity index (χ1v) is 9.46. The summed E-state index contributed by atoms with van der Waals surface area (Å²) in [6, 6.07) is 24.4. The molecule has 3 aromatic carbocycles. The van der Waals surface area contributed by atoms with Crippen LogP contribution in [0.25, 0.3) is 28.2 Å². The topological polar surface area (TPSA) is 34.0 Å². The maximum absolute atomic E-state index is 13.0. The molecule has 4 aromatic rings. The number of aromatic nitrogens is 1. The quantitative estimate of drug-likeness (QED) is 0.465. The Kier molecular flexibility index (Phi) is 5.25. The Labute approximate surface area is 169 Å². The minimum atomic E-state index is -0.288. The Bertz CT molecular complexity index is 1170. The van der Waals surface area contributed by atoms with Crippen LogP contribution >= 0.6 is 0 Å². The third-order valence-electron chi connectivity index (χ3n) is 4.97. The van der Waals surface area contributed by atoms with E-state index in [1.165, 1.54) is 12.1 Å². The van der Waals surface area contributed by atoms with Gasteiger partial charge in [-0.1, -0.05) is 60.7 Å². The van der Waals surface area contributed by atoms with Crippen molar-refractivity contribution in [2.45, 2.75) is 6.54 Å². The molecule has 1 aromatic heterocycles. The molecule has 0 saturated carbocycles. The number of amides is 1. The van der Waals surface area contributed by atoms with Gasteiger partial charge in [-0.05, 0) is 35.4 Å². The van der Waals surface area contributed by atoms with Crippen LogP contribution in [0.2, 0.25) is 0 Å². The Morgan fingerprint density at radius 1 is 0.966 bits per heavy atom. The summed E-state index contributed by atoms with van der Waals surface area (Å²) in [4.78, 5) is 12.4. The fraction of sp³-hybridized carbons (Fsp3) is 0.0800. The predicted molar refractivity (Wildman–Crippen MR) is 116 cm³/mol. The normalized spacial score (nSPS) is 11.2. The fourth-order valence-corrected chi connectivity index (χ4v) is 3.55. The first kappa shape index (κ1) is 18.7. The molecular weight excluding hydrogens is 363 g/mol. The van der Waals surface area contributed by atoms with Gasteiger partial charge in [-0.15, -0.1) is 0 Å². The predicted octanol–water partition coefficient (Wildman–Crippen LogP) is 5.31. The summed E-state index contributed by atoms with van der Waals surface area (Å²) in [5.41, 5.74) is 5.12. The number of fused-ring (bicyclic) bond motifs is 1. The van der Waals surface area contributed by atoms with Gasteiger partial charge in [-0.25, -0.2) is 4.39 Å². The molecule has 0 unspecified atom stereocenters. The number of nitrogens with one attached hydrogen (secondary N) is 1. The minimum absolute atomic E-state index is 0.193. The largest absolute Gasteiger partial charge is 0.348 e. The lowest BCUT2D eigenvalue weighted by Crippen LogP contribution is -2.20. The summed E-state index contributed by atoms with van der Waals surface area (Å²) >= 11 is 0. The van der Waals surface area contributed by atoms with Gasteiger partial charge in [0.25, 0.3) is 0 Å². The van der Waals surface area contributed by atoms with E-state index in [0.29, 0.717) is 6.54 Å². The van der Waals surface area contributed by atoms with Gasteiger partial charge in [-0.2, -0.15) is 0 Å². The van der Waals surface area contributed by atoms with E-state index in [9.17, 15) is 9.18 Å². The van der Waals surface area contributed by atoms with Crippen LogP contribution in [-0.4, -0.2) is 10.5 Å². The average molecular weight is 384 g/mol. The van der Waals surface area contributed by atoms with E-state index >= 15 is 0 Å². The smallest absolute Gasteiger partial charge is 0.244 e. The van der Waals surface area contributed by atoms with E-state index in [1.807, 2.05) is 43.5 Å². The van der Waals surface area contributed by atoms with Crippen molar-refractivity contribution < 1.29 is 9.18 Å². The van der Waals surface area contributed by atoms with E-state index < -0.39 is 0 Å². The van der Waals surface area contributed by atoms with Gasteiger partial charge >= 0.3 is 0 Å². The zero-order chi connectivity index (χ0) is 20.2. The first-order valence-electron chi connectivity index (χ1n) is 9.46. The number of benzene rings is 3. The number of carbonyl (C=O) groups is 1. The minimum Gasteiger partial charge on any atom is -0.348 e. The van der Waals surface area contributed by atoms with Crippen molar-refractivity contribution in [1.82, 2.24) is 9.88 Å². The van der Waals surface area contributed by atoms with E-state index in [0.717, 1.165) is 33.3 Å². The third kappa shape index (κ3) is 3.97. The summed E-state index contributed by atoms with van der Waals surface area (Å²) in [5, 5.41) is 3.94. The standard InChI is InChI=1S/C25H21FN2O/c1-28-23-10-6-5-9-21(23)22(25(28)19-7-3-2-4-8-19)15-16-24(29)27-17-18-11-13-20(26)14-12-18/h2-16H,17H2,1H3,(H,27,29)/b16-15+. The highest BCUT2D eigenvalue weighted by molar-refractivity contribution is 6.01. The van der Waals surface area contributed by atoms with Gasteiger partial charge in [0.05, 0.1) is 5.69 Å². The maximum Gasteiger partial charge on any atom is 0.244 e. The second-order valence-corrected chi connectivity index (χ2v) is 6.88. The molecule has 0 radical (unpaired) electrons. The lowest BCUT2D eigenvalue weighted by molar-refractivity contribution is -0.116. The lowest BCUT2D eigenvalue weighted by atomic mass is 10.0. The number of hydrogen-bond acceptors (Lipinski definition) is 1. The molecule has 0 aliphatic heterocycles. The number of hydrogen-bond donors (Lipinski definition) is 1. The van der Waals surface area contributed by atoms with Crippen LogP contribution in [0.3, 0.4) is 0 Å². The molecule has 4 rings (SSSR count). The summed E-state index contributed by atoms with van der Waals surface area (Å²) in [5.74, 6) is -0.481. The van der Waals surface area contributed by atoms with E-state index in [2.05, 4.69) is 34.1 Å².